The number of hydrogen-bond acceptors (Lipinski definition) is 4. The smallest absolute Gasteiger partial charge is 0.222 e. The predicted molar refractivity (Wildman–Crippen MR) is 69.0 cm³/mol. The Morgan fingerprint density at radius 2 is 1.94 bits per heavy atom. The molecule has 0 saturated heterocycles. The first-order valence-corrected chi connectivity index (χ1v) is 6.69. The topological polar surface area (TPSA) is 63.9 Å². The number of amides is 1. The minimum atomic E-state index is 0.240. The van der Waals surface area contributed by atoms with Gasteiger partial charge in [-0.2, -0.15) is 0 Å². The number of tetrazole rings is 1. The second-order valence-corrected chi connectivity index (χ2v) is 4.43. The lowest BCUT2D eigenvalue weighted by Gasteiger charge is -2.21. The van der Waals surface area contributed by atoms with Gasteiger partial charge in [-0.05, 0) is 36.6 Å². The van der Waals surface area contributed by atoms with Gasteiger partial charge in [0.2, 0.25) is 5.91 Å². The third-order valence-corrected chi connectivity index (χ3v) is 2.81. The van der Waals surface area contributed by atoms with Crippen molar-refractivity contribution in [2.45, 2.75) is 53.0 Å². The Morgan fingerprint density at radius 3 is 2.44 bits per heavy atom. The number of nitrogens with zero attached hydrogens (tertiary/aromatic N) is 5. The molecule has 1 heterocycles. The zero-order chi connectivity index (χ0) is 13.4. The van der Waals surface area contributed by atoms with Crippen LogP contribution < -0.4 is 0 Å². The summed E-state index contributed by atoms with van der Waals surface area (Å²) in [6.07, 6.45) is 3.38. The lowest BCUT2D eigenvalue weighted by molar-refractivity contribution is -0.131. The lowest BCUT2D eigenvalue weighted by Crippen LogP contribution is -2.32. The van der Waals surface area contributed by atoms with Crippen LogP contribution in [0.3, 0.4) is 0 Å². The summed E-state index contributed by atoms with van der Waals surface area (Å²) < 4.78 is 1.73. The summed E-state index contributed by atoms with van der Waals surface area (Å²) in [6.45, 7) is 8.48. The molecule has 0 N–H and O–H groups in total. The average molecular weight is 253 g/mol. The Bertz CT molecular complexity index is 357. The summed E-state index contributed by atoms with van der Waals surface area (Å²) in [6, 6.07) is 0. The van der Waals surface area contributed by atoms with Gasteiger partial charge in [-0.25, -0.2) is 4.68 Å². The standard InChI is InChI=1S/C12H23N5O/c1-4-8-16(9-5-2)12(18)7-6-10-17-11(3)13-14-15-17/h4-10H2,1-3H3. The zero-order valence-electron chi connectivity index (χ0n) is 11.6. The van der Waals surface area contributed by atoms with Crippen molar-refractivity contribution in [3.05, 3.63) is 5.82 Å². The van der Waals surface area contributed by atoms with E-state index in [2.05, 4.69) is 29.4 Å². The van der Waals surface area contributed by atoms with Crippen LogP contribution in [-0.4, -0.2) is 44.1 Å². The van der Waals surface area contributed by atoms with E-state index in [9.17, 15) is 4.79 Å². The summed E-state index contributed by atoms with van der Waals surface area (Å²) >= 11 is 0. The number of carbonyl (C=O) groups is 1. The molecular formula is C12H23N5O. The molecule has 1 amide bonds. The molecule has 6 heteroatoms. The molecule has 0 fully saturated rings. The van der Waals surface area contributed by atoms with Crippen molar-refractivity contribution in [1.82, 2.24) is 25.1 Å². The van der Waals surface area contributed by atoms with Crippen LogP contribution in [0.15, 0.2) is 0 Å². The van der Waals surface area contributed by atoms with Gasteiger partial charge in [0.05, 0.1) is 0 Å². The third kappa shape index (κ3) is 4.43. The molecular weight excluding hydrogens is 230 g/mol. The van der Waals surface area contributed by atoms with Gasteiger partial charge >= 0.3 is 0 Å². The van der Waals surface area contributed by atoms with Crippen molar-refractivity contribution in [2.75, 3.05) is 13.1 Å². The zero-order valence-corrected chi connectivity index (χ0v) is 11.6. The molecule has 0 aromatic carbocycles. The first kappa shape index (κ1) is 14.6. The Kier molecular flexibility index (Phi) is 6.32. The SMILES string of the molecule is CCCN(CCC)C(=O)CCCn1nnnc1C. The van der Waals surface area contributed by atoms with Crippen LogP contribution in [-0.2, 0) is 11.3 Å². The molecule has 0 aliphatic heterocycles. The highest BCUT2D eigenvalue weighted by Crippen LogP contribution is 2.03. The largest absolute Gasteiger partial charge is 0.343 e. The van der Waals surface area contributed by atoms with Crippen molar-refractivity contribution >= 4 is 5.91 Å². The molecule has 102 valence electrons. The van der Waals surface area contributed by atoms with E-state index >= 15 is 0 Å². The van der Waals surface area contributed by atoms with Crippen molar-refractivity contribution < 1.29 is 4.79 Å². The van der Waals surface area contributed by atoms with Gasteiger partial charge in [0.15, 0.2) is 0 Å². The Labute approximate surface area is 108 Å². The molecule has 0 bridgehead atoms. The molecule has 0 atom stereocenters. The Hall–Kier alpha value is -1.46. The average Bonchev–Trinajstić information content (AvgIpc) is 2.75. The summed E-state index contributed by atoms with van der Waals surface area (Å²) in [7, 11) is 0. The van der Waals surface area contributed by atoms with Crippen molar-refractivity contribution in [2.24, 2.45) is 0 Å². The monoisotopic (exact) mass is 253 g/mol. The van der Waals surface area contributed by atoms with Crippen LogP contribution in [0.5, 0.6) is 0 Å². The molecule has 0 unspecified atom stereocenters. The highest BCUT2D eigenvalue weighted by Gasteiger charge is 2.11. The number of carbonyl (C=O) groups excluding carboxylic acids is 1. The summed E-state index contributed by atoms with van der Waals surface area (Å²) in [5, 5.41) is 11.3. The van der Waals surface area contributed by atoms with E-state index in [-0.39, 0.29) is 5.91 Å². The maximum atomic E-state index is 12.0. The van der Waals surface area contributed by atoms with Crippen LogP contribution in [0.4, 0.5) is 0 Å². The fourth-order valence-corrected chi connectivity index (χ4v) is 1.90. The van der Waals surface area contributed by atoms with E-state index in [1.54, 1.807) is 4.68 Å². The predicted octanol–water partition coefficient (Wildman–Crippen LogP) is 1.41. The minimum absolute atomic E-state index is 0.240. The van der Waals surface area contributed by atoms with E-state index in [1.807, 2.05) is 11.8 Å². The highest BCUT2D eigenvalue weighted by atomic mass is 16.2. The second-order valence-electron chi connectivity index (χ2n) is 4.43. The van der Waals surface area contributed by atoms with E-state index in [1.165, 1.54) is 0 Å². The first-order chi connectivity index (χ1) is 8.69. The van der Waals surface area contributed by atoms with Gasteiger partial charge in [-0.1, -0.05) is 13.8 Å². The lowest BCUT2D eigenvalue weighted by atomic mass is 10.2. The van der Waals surface area contributed by atoms with Crippen LogP contribution in [0.1, 0.15) is 45.4 Å². The summed E-state index contributed by atoms with van der Waals surface area (Å²) in [5.41, 5.74) is 0. The summed E-state index contributed by atoms with van der Waals surface area (Å²) in [5.74, 6) is 1.03. The molecule has 6 nitrogen and oxygen atoms in total. The van der Waals surface area contributed by atoms with E-state index in [4.69, 9.17) is 0 Å². The number of aryl methyl sites for hydroxylation is 2. The first-order valence-electron chi connectivity index (χ1n) is 6.69. The van der Waals surface area contributed by atoms with E-state index in [0.29, 0.717) is 13.0 Å². The quantitative estimate of drug-likeness (QED) is 0.702. The molecule has 0 saturated carbocycles. The van der Waals surface area contributed by atoms with Crippen LogP contribution >= 0.6 is 0 Å². The fraction of sp³-hybridized carbons (Fsp3) is 0.833. The number of hydrogen-bond donors (Lipinski definition) is 0. The summed E-state index contributed by atoms with van der Waals surface area (Å²) in [4.78, 5) is 14.0. The Morgan fingerprint density at radius 1 is 1.28 bits per heavy atom. The molecule has 0 aliphatic rings. The molecule has 1 aromatic rings. The van der Waals surface area contributed by atoms with Gasteiger partial charge in [0, 0.05) is 26.1 Å². The second kappa shape index (κ2) is 7.79. The van der Waals surface area contributed by atoms with Crippen molar-refractivity contribution in [1.29, 1.82) is 0 Å². The fourth-order valence-electron chi connectivity index (χ4n) is 1.90. The van der Waals surface area contributed by atoms with Crippen LogP contribution in [0, 0.1) is 6.92 Å². The number of aromatic nitrogens is 4. The minimum Gasteiger partial charge on any atom is -0.343 e. The number of rotatable bonds is 8. The van der Waals surface area contributed by atoms with Gasteiger partial charge in [-0.15, -0.1) is 5.10 Å². The normalized spacial score (nSPS) is 10.6. The van der Waals surface area contributed by atoms with Crippen LogP contribution in [0.25, 0.3) is 0 Å². The van der Waals surface area contributed by atoms with Gasteiger partial charge in [0.1, 0.15) is 5.82 Å². The Balaban J connectivity index is 2.33. The van der Waals surface area contributed by atoms with Crippen molar-refractivity contribution in [3.8, 4) is 0 Å². The van der Waals surface area contributed by atoms with Gasteiger partial charge < -0.3 is 4.90 Å². The molecule has 0 spiro atoms. The molecule has 0 aliphatic carbocycles. The van der Waals surface area contributed by atoms with E-state index < -0.39 is 0 Å². The third-order valence-electron chi connectivity index (χ3n) is 2.81. The highest BCUT2D eigenvalue weighted by molar-refractivity contribution is 5.76. The van der Waals surface area contributed by atoms with Crippen molar-refractivity contribution in [3.63, 3.8) is 0 Å². The van der Waals surface area contributed by atoms with E-state index in [0.717, 1.165) is 38.2 Å². The maximum Gasteiger partial charge on any atom is 0.222 e. The molecule has 1 rings (SSSR count). The van der Waals surface area contributed by atoms with Crippen LogP contribution in [0.2, 0.25) is 0 Å². The molecule has 0 radical (unpaired) electrons. The van der Waals surface area contributed by atoms with Gasteiger partial charge in [0.25, 0.3) is 0 Å². The van der Waals surface area contributed by atoms with Gasteiger partial charge in [-0.3, -0.25) is 4.79 Å². The molecule has 18 heavy (non-hydrogen) atoms. The maximum absolute atomic E-state index is 12.0. The molecule has 1 aromatic heterocycles.